The fraction of sp³-hybridized carbons (Fsp3) is 0.650. The summed E-state index contributed by atoms with van der Waals surface area (Å²) in [6.45, 7) is 4.97. The van der Waals surface area contributed by atoms with Crippen molar-refractivity contribution in [3.8, 4) is 0 Å². The van der Waals surface area contributed by atoms with Gasteiger partial charge in [0.1, 0.15) is 0 Å². The molecule has 1 saturated carbocycles. The Morgan fingerprint density at radius 2 is 1.65 bits per heavy atom. The number of nitrogens with one attached hydrogen (secondary N) is 1. The van der Waals surface area contributed by atoms with E-state index in [4.69, 9.17) is 0 Å². The molecule has 6 heteroatoms. The van der Waals surface area contributed by atoms with E-state index in [0.717, 1.165) is 12.0 Å². The van der Waals surface area contributed by atoms with Crippen LogP contribution in [0.2, 0.25) is 0 Å². The first kappa shape index (κ1) is 19.4. The predicted molar refractivity (Wildman–Crippen MR) is 102 cm³/mol. The number of carbonyl (C=O) groups excluding carboxylic acids is 1. The number of amides is 1. The van der Waals surface area contributed by atoms with E-state index in [1.807, 2.05) is 19.1 Å². The predicted octanol–water partition coefficient (Wildman–Crippen LogP) is 3.09. The zero-order valence-electron chi connectivity index (χ0n) is 15.8. The molecule has 1 N–H and O–H groups in total. The van der Waals surface area contributed by atoms with Gasteiger partial charge in [0.2, 0.25) is 15.9 Å². The molecular weight excluding hydrogens is 348 g/mol. The van der Waals surface area contributed by atoms with Crippen LogP contribution in [0, 0.1) is 18.8 Å². The number of hydrogen-bond acceptors (Lipinski definition) is 3. The third kappa shape index (κ3) is 4.29. The molecule has 3 rings (SSSR count). The quantitative estimate of drug-likeness (QED) is 0.875. The van der Waals surface area contributed by atoms with Gasteiger partial charge in [0, 0.05) is 25.0 Å². The summed E-state index contributed by atoms with van der Waals surface area (Å²) >= 11 is 0. The van der Waals surface area contributed by atoms with Crippen LogP contribution < -0.4 is 5.32 Å². The van der Waals surface area contributed by atoms with Crippen molar-refractivity contribution in [2.24, 2.45) is 11.8 Å². The highest BCUT2D eigenvalue weighted by atomic mass is 32.2. The van der Waals surface area contributed by atoms with Crippen LogP contribution >= 0.6 is 0 Å². The molecule has 1 saturated heterocycles. The lowest BCUT2D eigenvalue weighted by Gasteiger charge is -2.34. The average molecular weight is 379 g/mol. The van der Waals surface area contributed by atoms with Crippen molar-refractivity contribution < 1.29 is 13.2 Å². The van der Waals surface area contributed by atoms with Crippen LogP contribution in [0.15, 0.2) is 29.2 Å². The second-order valence-corrected chi connectivity index (χ2v) is 9.81. The summed E-state index contributed by atoms with van der Waals surface area (Å²) in [5.41, 5.74) is 1.04. The summed E-state index contributed by atoms with van der Waals surface area (Å²) in [5, 5.41) is 3.22. The lowest BCUT2D eigenvalue weighted by atomic mass is 9.85. The fourth-order valence-corrected chi connectivity index (χ4v) is 5.52. The Kier molecular flexibility index (Phi) is 6.03. The van der Waals surface area contributed by atoms with Crippen molar-refractivity contribution in [1.82, 2.24) is 9.62 Å². The molecule has 1 aliphatic heterocycles. The van der Waals surface area contributed by atoms with Crippen LogP contribution in [0.1, 0.15) is 51.0 Å². The van der Waals surface area contributed by atoms with Gasteiger partial charge in [0.25, 0.3) is 0 Å². The molecule has 1 aliphatic carbocycles. The Hall–Kier alpha value is -1.40. The number of rotatable bonds is 4. The first-order chi connectivity index (χ1) is 12.4. The van der Waals surface area contributed by atoms with Gasteiger partial charge >= 0.3 is 0 Å². The van der Waals surface area contributed by atoms with Crippen molar-refractivity contribution in [3.63, 3.8) is 0 Å². The number of carbonyl (C=O) groups is 1. The monoisotopic (exact) mass is 378 g/mol. The smallest absolute Gasteiger partial charge is 0.243 e. The minimum Gasteiger partial charge on any atom is -0.353 e. The van der Waals surface area contributed by atoms with Crippen LogP contribution in [0.5, 0.6) is 0 Å². The third-order valence-electron chi connectivity index (χ3n) is 5.92. The summed E-state index contributed by atoms with van der Waals surface area (Å²) < 4.78 is 27.0. The van der Waals surface area contributed by atoms with Gasteiger partial charge < -0.3 is 5.32 Å². The van der Waals surface area contributed by atoms with Crippen LogP contribution in [0.25, 0.3) is 0 Å². The van der Waals surface area contributed by atoms with E-state index < -0.39 is 10.0 Å². The van der Waals surface area contributed by atoms with Crippen molar-refractivity contribution in [2.75, 3.05) is 13.1 Å². The molecule has 144 valence electrons. The lowest BCUT2D eigenvalue weighted by molar-refractivity contribution is -0.127. The summed E-state index contributed by atoms with van der Waals surface area (Å²) in [4.78, 5) is 12.9. The van der Waals surface area contributed by atoms with Gasteiger partial charge in [-0.15, -0.1) is 0 Å². The molecule has 1 amide bonds. The zero-order chi connectivity index (χ0) is 18.7. The number of nitrogens with zero attached hydrogens (tertiary/aromatic N) is 1. The number of aryl methyl sites for hydroxylation is 1. The molecule has 1 heterocycles. The van der Waals surface area contributed by atoms with Gasteiger partial charge in [-0.25, -0.2) is 8.42 Å². The summed E-state index contributed by atoms with van der Waals surface area (Å²) in [6, 6.07) is 7.24. The SMILES string of the molecule is Cc1ccc(S(=O)(=O)N2CCC(C(=O)N[C@@H]3CCCC[C@@H]3C)CC2)cc1. The molecule has 26 heavy (non-hydrogen) atoms. The maximum Gasteiger partial charge on any atom is 0.243 e. The molecule has 2 aliphatic rings. The summed E-state index contributed by atoms with van der Waals surface area (Å²) in [7, 11) is -3.46. The second kappa shape index (κ2) is 8.09. The Bertz CT molecular complexity index is 722. The number of hydrogen-bond donors (Lipinski definition) is 1. The Morgan fingerprint density at radius 1 is 1.04 bits per heavy atom. The largest absolute Gasteiger partial charge is 0.353 e. The van der Waals surface area contributed by atoms with Crippen molar-refractivity contribution >= 4 is 15.9 Å². The van der Waals surface area contributed by atoms with E-state index in [0.29, 0.717) is 36.7 Å². The molecule has 1 aromatic rings. The van der Waals surface area contributed by atoms with E-state index in [-0.39, 0.29) is 17.9 Å². The van der Waals surface area contributed by atoms with Crippen molar-refractivity contribution in [3.05, 3.63) is 29.8 Å². The van der Waals surface area contributed by atoms with Crippen LogP contribution in [0.3, 0.4) is 0 Å². The standard InChI is InChI=1S/C20H30N2O3S/c1-15-7-9-18(10-8-15)26(24,25)22-13-11-17(12-14-22)20(23)21-19-6-4-3-5-16(19)2/h7-10,16-17,19H,3-6,11-14H2,1-2H3,(H,21,23)/t16-,19+/m0/s1. The molecule has 0 aromatic heterocycles. The van der Waals surface area contributed by atoms with E-state index in [9.17, 15) is 13.2 Å². The maximum absolute atomic E-state index is 12.8. The van der Waals surface area contributed by atoms with Crippen molar-refractivity contribution in [2.45, 2.75) is 63.3 Å². The molecule has 0 radical (unpaired) electrons. The topological polar surface area (TPSA) is 66.5 Å². The number of piperidine rings is 1. The van der Waals surface area contributed by atoms with E-state index in [2.05, 4.69) is 12.2 Å². The fourth-order valence-electron chi connectivity index (χ4n) is 4.05. The highest BCUT2D eigenvalue weighted by Crippen LogP contribution is 2.27. The van der Waals surface area contributed by atoms with E-state index in [1.54, 1.807) is 12.1 Å². The van der Waals surface area contributed by atoms with Crippen LogP contribution in [-0.4, -0.2) is 37.8 Å². The third-order valence-corrected chi connectivity index (χ3v) is 7.84. The number of sulfonamides is 1. The molecule has 2 fully saturated rings. The Morgan fingerprint density at radius 3 is 2.27 bits per heavy atom. The van der Waals surface area contributed by atoms with Gasteiger partial charge in [-0.3, -0.25) is 4.79 Å². The minimum absolute atomic E-state index is 0.0754. The van der Waals surface area contributed by atoms with Crippen molar-refractivity contribution in [1.29, 1.82) is 0 Å². The minimum atomic E-state index is -3.46. The zero-order valence-corrected chi connectivity index (χ0v) is 16.6. The van der Waals surface area contributed by atoms with Gasteiger partial charge in [-0.1, -0.05) is 37.5 Å². The molecule has 5 nitrogen and oxygen atoms in total. The summed E-state index contributed by atoms with van der Waals surface area (Å²) in [6.07, 6.45) is 5.87. The Labute approximate surface area is 157 Å². The molecule has 0 bridgehead atoms. The second-order valence-electron chi connectivity index (χ2n) is 7.87. The first-order valence-corrected chi connectivity index (χ1v) is 11.2. The van der Waals surface area contributed by atoms with Crippen LogP contribution in [-0.2, 0) is 14.8 Å². The van der Waals surface area contributed by atoms with E-state index in [1.165, 1.54) is 23.6 Å². The molecule has 0 spiro atoms. The maximum atomic E-state index is 12.8. The van der Waals surface area contributed by atoms with Gasteiger partial charge in [0.05, 0.1) is 4.90 Å². The first-order valence-electron chi connectivity index (χ1n) is 9.75. The molecule has 0 unspecified atom stereocenters. The average Bonchev–Trinajstić information content (AvgIpc) is 2.64. The molecule has 1 aromatic carbocycles. The van der Waals surface area contributed by atoms with Gasteiger partial charge in [-0.2, -0.15) is 4.31 Å². The van der Waals surface area contributed by atoms with Crippen LogP contribution in [0.4, 0.5) is 0 Å². The van der Waals surface area contributed by atoms with E-state index >= 15 is 0 Å². The number of benzene rings is 1. The van der Waals surface area contributed by atoms with Gasteiger partial charge in [0.15, 0.2) is 0 Å². The molecular formula is C20H30N2O3S. The highest BCUT2D eigenvalue weighted by molar-refractivity contribution is 7.89. The normalized spacial score (nSPS) is 25.8. The lowest BCUT2D eigenvalue weighted by Crippen LogP contribution is -2.47. The summed E-state index contributed by atoms with van der Waals surface area (Å²) in [5.74, 6) is 0.569. The highest BCUT2D eigenvalue weighted by Gasteiger charge is 2.33. The van der Waals surface area contributed by atoms with Gasteiger partial charge in [-0.05, 0) is 50.7 Å². The molecule has 2 atom stereocenters. The Balaban J connectivity index is 1.56.